The Labute approximate surface area is 150 Å². The summed E-state index contributed by atoms with van der Waals surface area (Å²) in [5, 5.41) is 12.6. The predicted octanol–water partition coefficient (Wildman–Crippen LogP) is 0.425. The van der Waals surface area contributed by atoms with Crippen molar-refractivity contribution in [3.05, 3.63) is 35.9 Å². The van der Waals surface area contributed by atoms with Crippen molar-refractivity contribution in [2.24, 2.45) is 11.7 Å². The van der Waals surface area contributed by atoms with Gasteiger partial charge in [0.25, 0.3) is 0 Å². The minimum atomic E-state index is -1.41. The second-order valence-corrected chi connectivity index (χ2v) is 6.72. The fraction of sp³-hybridized carbons (Fsp3) is 0.556. The van der Waals surface area contributed by atoms with E-state index in [9.17, 15) is 14.7 Å². The fourth-order valence-corrected chi connectivity index (χ4v) is 3.44. The van der Waals surface area contributed by atoms with E-state index in [2.05, 4.69) is 5.32 Å². The molecule has 1 saturated heterocycles. The zero-order valence-corrected chi connectivity index (χ0v) is 14.6. The quantitative estimate of drug-likeness (QED) is 0.595. The Hall–Kier alpha value is -1.86. The Morgan fingerprint density at radius 1 is 1.44 bits per heavy atom. The fourth-order valence-electron chi connectivity index (χ4n) is 3.44. The van der Waals surface area contributed by atoms with Crippen LogP contribution < -0.4 is 11.1 Å². The number of likely N-dealkylation sites (N-methyl/N-ethyl adjacent to an activating group) is 1. The van der Waals surface area contributed by atoms with E-state index in [1.807, 2.05) is 30.3 Å². The summed E-state index contributed by atoms with van der Waals surface area (Å²) < 4.78 is 0. The highest BCUT2D eigenvalue weighted by molar-refractivity contribution is 6.08. The maximum Gasteiger partial charge on any atom is 0.325 e. The van der Waals surface area contributed by atoms with E-state index in [0.29, 0.717) is 32.1 Å². The van der Waals surface area contributed by atoms with Gasteiger partial charge in [0.15, 0.2) is 0 Å². The van der Waals surface area contributed by atoms with Crippen LogP contribution in [-0.4, -0.2) is 61.4 Å². The molecule has 4 N–H and O–H groups in total. The molecule has 6 nitrogen and oxygen atoms in total. The van der Waals surface area contributed by atoms with Crippen molar-refractivity contribution in [2.75, 3.05) is 20.1 Å². The topological polar surface area (TPSA) is 95.7 Å². The number of rotatable bonds is 8. The molecule has 1 heterocycles. The number of carbonyl (C=O) groups is 2. The first-order valence-corrected chi connectivity index (χ1v) is 8.64. The maximum absolute atomic E-state index is 12.9. The molecule has 2 rings (SSSR count). The number of amides is 1. The number of nitrogens with two attached hydrogens (primary N) is 1. The molecule has 1 aliphatic rings. The lowest BCUT2D eigenvalue weighted by Crippen LogP contribution is -2.55. The van der Waals surface area contributed by atoms with Crippen LogP contribution in [0.5, 0.6) is 0 Å². The smallest absolute Gasteiger partial charge is 0.325 e. The van der Waals surface area contributed by atoms with Crippen molar-refractivity contribution in [3.8, 4) is 0 Å². The van der Waals surface area contributed by atoms with E-state index >= 15 is 0 Å². The lowest BCUT2D eigenvalue weighted by atomic mass is 9.83. The van der Waals surface area contributed by atoms with Crippen LogP contribution in [0.4, 0.5) is 0 Å². The van der Waals surface area contributed by atoms with Crippen LogP contribution in [0.3, 0.4) is 0 Å². The summed E-state index contributed by atoms with van der Waals surface area (Å²) >= 11 is 0. The molecule has 25 heavy (non-hydrogen) atoms. The molecule has 1 aromatic rings. The molecule has 1 aliphatic heterocycles. The number of aliphatic carboxylic acids is 1. The van der Waals surface area contributed by atoms with Gasteiger partial charge >= 0.3 is 5.97 Å². The number of carboxylic acids is 1. The number of carbonyl (C=O) groups excluding carboxylic acids is 1. The second-order valence-electron chi connectivity index (χ2n) is 6.72. The van der Waals surface area contributed by atoms with Crippen LogP contribution in [0.1, 0.15) is 18.4 Å². The molecule has 0 spiro atoms. The van der Waals surface area contributed by atoms with Gasteiger partial charge in [0, 0.05) is 19.0 Å². The van der Waals surface area contributed by atoms with Gasteiger partial charge < -0.3 is 21.1 Å². The molecular formula is C18H26BN3O3. The summed E-state index contributed by atoms with van der Waals surface area (Å²) in [5.41, 5.74) is 5.80. The summed E-state index contributed by atoms with van der Waals surface area (Å²) in [5.74, 6) is -1.46. The van der Waals surface area contributed by atoms with E-state index in [1.54, 1.807) is 11.9 Å². The van der Waals surface area contributed by atoms with Gasteiger partial charge in [0.2, 0.25) is 5.91 Å². The monoisotopic (exact) mass is 343 g/mol. The molecule has 1 aromatic carbocycles. The first-order chi connectivity index (χ1) is 11.9. The normalized spacial score (nSPS) is 24.2. The standard InChI is InChI=1S/C18H26BN3O3/c1-21-15(10-13-6-3-2-4-7-13)16(23)22-11-14(8-5-9-19)18(20,12-22)17(24)25/h2-4,6-7,14-15,21H,5,8-12,20H2,1H3,(H,24,25)/t14-,15?,18-/m0/s1. The third-order valence-electron chi connectivity index (χ3n) is 5.02. The Balaban J connectivity index is 2.10. The van der Waals surface area contributed by atoms with Crippen LogP contribution in [0.2, 0.25) is 6.32 Å². The Morgan fingerprint density at radius 2 is 2.12 bits per heavy atom. The Morgan fingerprint density at radius 3 is 2.68 bits per heavy atom. The first kappa shape index (κ1) is 19.5. The average molecular weight is 343 g/mol. The van der Waals surface area contributed by atoms with Gasteiger partial charge in [-0.05, 0) is 25.5 Å². The SMILES string of the molecule is [B]CCC[C@H]1CN(C(=O)C(Cc2ccccc2)NC)C[C@@]1(N)C(=O)O. The number of carboxylic acid groups (broad SMARTS) is 1. The number of likely N-dealkylation sites (tertiary alicyclic amines) is 1. The molecule has 1 fully saturated rings. The van der Waals surface area contributed by atoms with Crippen molar-refractivity contribution in [3.63, 3.8) is 0 Å². The average Bonchev–Trinajstić information content (AvgIpc) is 2.96. The highest BCUT2D eigenvalue weighted by atomic mass is 16.4. The van der Waals surface area contributed by atoms with Gasteiger partial charge in [-0.2, -0.15) is 0 Å². The third kappa shape index (κ3) is 4.41. The van der Waals surface area contributed by atoms with E-state index in [1.165, 1.54) is 0 Å². The minimum absolute atomic E-state index is 0.0311. The van der Waals surface area contributed by atoms with Crippen LogP contribution >= 0.6 is 0 Å². The van der Waals surface area contributed by atoms with Gasteiger partial charge in [-0.1, -0.05) is 43.1 Å². The van der Waals surface area contributed by atoms with Gasteiger partial charge in [0.05, 0.1) is 13.9 Å². The van der Waals surface area contributed by atoms with Crippen molar-refractivity contribution < 1.29 is 14.7 Å². The van der Waals surface area contributed by atoms with E-state index in [4.69, 9.17) is 13.6 Å². The number of benzene rings is 1. The summed E-state index contributed by atoms with van der Waals surface area (Å²) in [4.78, 5) is 26.2. The van der Waals surface area contributed by atoms with E-state index < -0.39 is 17.6 Å². The molecule has 1 unspecified atom stereocenters. The molecular weight excluding hydrogens is 317 g/mol. The zero-order valence-electron chi connectivity index (χ0n) is 14.6. The molecule has 3 atom stereocenters. The van der Waals surface area contributed by atoms with Crippen LogP contribution in [0.25, 0.3) is 0 Å². The van der Waals surface area contributed by atoms with Crippen molar-refractivity contribution in [1.82, 2.24) is 10.2 Å². The molecule has 0 bridgehead atoms. The number of hydrogen-bond donors (Lipinski definition) is 3. The Kier molecular flexibility index (Phi) is 6.61. The number of hydrogen-bond acceptors (Lipinski definition) is 4. The Bertz CT molecular complexity index is 598. The van der Waals surface area contributed by atoms with Crippen LogP contribution in [-0.2, 0) is 16.0 Å². The van der Waals surface area contributed by atoms with Gasteiger partial charge in [0.1, 0.15) is 5.54 Å². The molecule has 2 radical (unpaired) electrons. The first-order valence-electron chi connectivity index (χ1n) is 8.64. The highest BCUT2D eigenvalue weighted by Gasteiger charge is 2.50. The lowest BCUT2D eigenvalue weighted by Gasteiger charge is -2.25. The summed E-state index contributed by atoms with van der Waals surface area (Å²) in [6, 6.07) is 9.32. The van der Waals surface area contributed by atoms with Crippen molar-refractivity contribution in [2.45, 2.75) is 37.2 Å². The molecule has 0 saturated carbocycles. The molecule has 0 aromatic heterocycles. The molecule has 134 valence electrons. The molecule has 1 amide bonds. The van der Waals surface area contributed by atoms with Crippen LogP contribution in [0.15, 0.2) is 30.3 Å². The van der Waals surface area contributed by atoms with E-state index in [-0.39, 0.29) is 18.4 Å². The molecule has 0 aliphatic carbocycles. The lowest BCUT2D eigenvalue weighted by molar-refractivity contribution is -0.144. The number of nitrogens with one attached hydrogen (secondary N) is 1. The summed E-state index contributed by atoms with van der Waals surface area (Å²) in [6.07, 6.45) is 2.32. The predicted molar refractivity (Wildman–Crippen MR) is 97.4 cm³/mol. The zero-order chi connectivity index (χ0) is 18.4. The van der Waals surface area contributed by atoms with Crippen LogP contribution in [0, 0.1) is 5.92 Å². The van der Waals surface area contributed by atoms with Gasteiger partial charge in [-0.3, -0.25) is 9.59 Å². The third-order valence-corrected chi connectivity index (χ3v) is 5.02. The van der Waals surface area contributed by atoms with Crippen molar-refractivity contribution >= 4 is 19.7 Å². The minimum Gasteiger partial charge on any atom is -0.480 e. The maximum atomic E-state index is 12.9. The second kappa shape index (κ2) is 8.49. The van der Waals surface area contributed by atoms with Gasteiger partial charge in [-0.25, -0.2) is 0 Å². The highest BCUT2D eigenvalue weighted by Crippen LogP contribution is 2.30. The summed E-state index contributed by atoms with van der Waals surface area (Å²) in [6.45, 7) is 0.387. The number of nitrogens with zero attached hydrogens (tertiary/aromatic N) is 1. The largest absolute Gasteiger partial charge is 0.480 e. The van der Waals surface area contributed by atoms with Gasteiger partial charge in [-0.15, -0.1) is 0 Å². The van der Waals surface area contributed by atoms with E-state index in [0.717, 1.165) is 5.56 Å². The van der Waals surface area contributed by atoms with Crippen molar-refractivity contribution in [1.29, 1.82) is 0 Å². The summed E-state index contributed by atoms with van der Waals surface area (Å²) in [7, 11) is 7.28. The molecule has 7 heteroatoms.